The molecule has 0 bridgehead atoms. The Morgan fingerprint density at radius 1 is 1.45 bits per heavy atom. The van der Waals surface area contributed by atoms with Crippen LogP contribution in [0.1, 0.15) is 25.7 Å². The molecule has 0 aliphatic heterocycles. The maximum atomic E-state index is 10.9. The predicted octanol–water partition coefficient (Wildman–Crippen LogP) is 2.74. The van der Waals surface area contributed by atoms with Crippen LogP contribution in [0.4, 0.5) is 0 Å². The Morgan fingerprint density at radius 3 is 2.55 bits per heavy atom. The molecule has 1 aliphatic carbocycles. The summed E-state index contributed by atoms with van der Waals surface area (Å²) in [7, 11) is 0. The summed E-state index contributed by atoms with van der Waals surface area (Å²) in [5.41, 5.74) is 0. The van der Waals surface area contributed by atoms with E-state index >= 15 is 0 Å². The van der Waals surface area contributed by atoms with Crippen LogP contribution in [0, 0.1) is 11.8 Å². The summed E-state index contributed by atoms with van der Waals surface area (Å²) in [5.74, 6) is 0.372. The fraction of sp³-hybridized carbons (Fsp3) is 0.667. The Labute approximate surface area is 72.4 Å². The van der Waals surface area contributed by atoms with Gasteiger partial charge in [0.05, 0.1) is 0 Å². The van der Waals surface area contributed by atoms with Gasteiger partial charge in [0.25, 0.3) is 0 Å². The monoisotopic (exact) mass is 172 g/mol. The molecule has 2 heteroatoms. The van der Waals surface area contributed by atoms with Gasteiger partial charge in [0.2, 0.25) is 5.24 Å². The van der Waals surface area contributed by atoms with Gasteiger partial charge in [0, 0.05) is 5.92 Å². The van der Waals surface area contributed by atoms with Gasteiger partial charge >= 0.3 is 0 Å². The lowest BCUT2D eigenvalue weighted by molar-refractivity contribution is -0.117. The lowest BCUT2D eigenvalue weighted by Crippen LogP contribution is -2.22. The summed E-state index contributed by atoms with van der Waals surface area (Å²) in [6.45, 7) is 3.71. The largest absolute Gasteiger partial charge is 0.281 e. The number of allylic oxidation sites excluding steroid dienone is 1. The van der Waals surface area contributed by atoms with Gasteiger partial charge in [-0.25, -0.2) is 0 Å². The highest BCUT2D eigenvalue weighted by Gasteiger charge is 2.27. The Kier molecular flexibility index (Phi) is 3.13. The van der Waals surface area contributed by atoms with Gasteiger partial charge in [0.1, 0.15) is 0 Å². The number of hydrogen-bond donors (Lipinski definition) is 0. The molecule has 11 heavy (non-hydrogen) atoms. The second-order valence-corrected chi connectivity index (χ2v) is 3.47. The van der Waals surface area contributed by atoms with Gasteiger partial charge in [-0.15, -0.1) is 6.58 Å². The van der Waals surface area contributed by atoms with Crippen molar-refractivity contribution in [1.29, 1.82) is 0 Å². The van der Waals surface area contributed by atoms with Crippen LogP contribution in [0.3, 0.4) is 0 Å². The molecule has 1 aliphatic rings. The van der Waals surface area contributed by atoms with Gasteiger partial charge in [-0.3, -0.25) is 4.79 Å². The maximum Gasteiger partial charge on any atom is 0.225 e. The highest BCUT2D eigenvalue weighted by atomic mass is 35.5. The molecule has 0 N–H and O–H groups in total. The van der Waals surface area contributed by atoms with E-state index < -0.39 is 0 Å². The molecule has 0 aromatic carbocycles. The summed E-state index contributed by atoms with van der Waals surface area (Å²) < 4.78 is 0. The molecule has 2 atom stereocenters. The fourth-order valence-corrected chi connectivity index (χ4v) is 1.99. The van der Waals surface area contributed by atoms with E-state index in [4.69, 9.17) is 11.6 Å². The van der Waals surface area contributed by atoms with Crippen molar-refractivity contribution in [2.24, 2.45) is 11.8 Å². The Morgan fingerprint density at radius 2 is 2.09 bits per heavy atom. The van der Waals surface area contributed by atoms with E-state index in [0.29, 0.717) is 5.92 Å². The average Bonchev–Trinajstić information content (AvgIpc) is 2.04. The van der Waals surface area contributed by atoms with E-state index in [0.717, 1.165) is 19.3 Å². The van der Waals surface area contributed by atoms with Crippen LogP contribution in [-0.2, 0) is 4.79 Å². The normalized spacial score (nSPS) is 31.4. The molecule has 0 radical (unpaired) electrons. The van der Waals surface area contributed by atoms with Crippen LogP contribution in [0.5, 0.6) is 0 Å². The molecule has 2 unspecified atom stereocenters. The molecule has 0 aromatic rings. The summed E-state index contributed by atoms with van der Waals surface area (Å²) >= 11 is 5.44. The molecule has 0 heterocycles. The molecule has 0 aromatic heterocycles. The number of carbonyl (C=O) groups excluding carboxylic acids is 1. The fourth-order valence-electron chi connectivity index (χ4n) is 1.72. The van der Waals surface area contributed by atoms with Gasteiger partial charge in [-0.1, -0.05) is 18.9 Å². The third-order valence-electron chi connectivity index (χ3n) is 2.41. The standard InChI is InChI=1S/C9H13ClO/c1-2-7-5-3-4-6-8(7)9(10)11/h2,7-8H,1,3-6H2. The van der Waals surface area contributed by atoms with Gasteiger partial charge in [0.15, 0.2) is 0 Å². The van der Waals surface area contributed by atoms with Crippen molar-refractivity contribution in [2.45, 2.75) is 25.7 Å². The van der Waals surface area contributed by atoms with Crippen LogP contribution in [-0.4, -0.2) is 5.24 Å². The summed E-state index contributed by atoms with van der Waals surface area (Å²) in [5, 5.41) is -0.186. The summed E-state index contributed by atoms with van der Waals surface area (Å²) in [4.78, 5) is 10.9. The SMILES string of the molecule is C=CC1CCCCC1C(=O)Cl. The van der Waals surface area contributed by atoms with Crippen molar-refractivity contribution in [1.82, 2.24) is 0 Å². The van der Waals surface area contributed by atoms with Crippen LogP contribution >= 0.6 is 11.6 Å². The molecule has 1 nitrogen and oxygen atoms in total. The average molecular weight is 173 g/mol. The third kappa shape index (κ3) is 2.06. The maximum absolute atomic E-state index is 10.9. The Hall–Kier alpha value is -0.300. The second kappa shape index (κ2) is 3.91. The zero-order valence-electron chi connectivity index (χ0n) is 6.55. The number of hydrogen-bond acceptors (Lipinski definition) is 1. The first-order chi connectivity index (χ1) is 5.25. The van der Waals surface area contributed by atoms with Gasteiger partial charge in [-0.2, -0.15) is 0 Å². The topological polar surface area (TPSA) is 17.1 Å². The first-order valence-electron chi connectivity index (χ1n) is 4.07. The molecule has 0 saturated heterocycles. The van der Waals surface area contributed by atoms with E-state index in [1.165, 1.54) is 6.42 Å². The van der Waals surface area contributed by atoms with E-state index in [9.17, 15) is 4.79 Å². The highest BCUT2D eigenvalue weighted by molar-refractivity contribution is 6.64. The smallest absolute Gasteiger partial charge is 0.225 e. The Balaban J connectivity index is 2.58. The van der Waals surface area contributed by atoms with Crippen LogP contribution in [0.2, 0.25) is 0 Å². The van der Waals surface area contributed by atoms with Crippen molar-refractivity contribution >= 4 is 16.8 Å². The van der Waals surface area contributed by atoms with E-state index in [-0.39, 0.29) is 11.2 Å². The number of rotatable bonds is 2. The zero-order valence-corrected chi connectivity index (χ0v) is 7.31. The molecular weight excluding hydrogens is 160 g/mol. The van der Waals surface area contributed by atoms with E-state index in [2.05, 4.69) is 6.58 Å². The molecule has 1 saturated carbocycles. The predicted molar refractivity (Wildman–Crippen MR) is 46.5 cm³/mol. The van der Waals surface area contributed by atoms with E-state index in [1.54, 1.807) is 0 Å². The van der Waals surface area contributed by atoms with Crippen molar-refractivity contribution in [3.63, 3.8) is 0 Å². The minimum absolute atomic E-state index is 0.0444. The quantitative estimate of drug-likeness (QED) is 0.463. The molecule has 0 spiro atoms. The minimum Gasteiger partial charge on any atom is -0.281 e. The molecular formula is C9H13ClO. The highest BCUT2D eigenvalue weighted by Crippen LogP contribution is 2.31. The minimum atomic E-state index is -0.186. The number of halogens is 1. The first-order valence-corrected chi connectivity index (χ1v) is 4.45. The van der Waals surface area contributed by atoms with Crippen molar-refractivity contribution < 1.29 is 4.79 Å². The summed E-state index contributed by atoms with van der Waals surface area (Å²) in [6.07, 6.45) is 6.22. The van der Waals surface area contributed by atoms with Crippen molar-refractivity contribution in [2.75, 3.05) is 0 Å². The number of carbonyl (C=O) groups is 1. The van der Waals surface area contributed by atoms with Crippen LogP contribution in [0.15, 0.2) is 12.7 Å². The molecule has 0 amide bonds. The zero-order chi connectivity index (χ0) is 8.27. The Bertz CT molecular complexity index is 165. The van der Waals surface area contributed by atoms with E-state index in [1.807, 2.05) is 6.08 Å². The van der Waals surface area contributed by atoms with Crippen molar-refractivity contribution in [3.8, 4) is 0 Å². The second-order valence-electron chi connectivity index (χ2n) is 3.09. The van der Waals surface area contributed by atoms with Gasteiger partial charge in [-0.05, 0) is 30.4 Å². The van der Waals surface area contributed by atoms with Crippen LogP contribution < -0.4 is 0 Å². The first kappa shape index (κ1) is 8.79. The third-order valence-corrected chi connectivity index (χ3v) is 2.69. The lowest BCUT2D eigenvalue weighted by atomic mass is 9.80. The summed E-state index contributed by atoms with van der Waals surface area (Å²) in [6, 6.07) is 0. The molecule has 1 fully saturated rings. The molecule has 1 rings (SSSR count). The van der Waals surface area contributed by atoms with Crippen LogP contribution in [0.25, 0.3) is 0 Å². The lowest BCUT2D eigenvalue weighted by Gasteiger charge is -2.25. The van der Waals surface area contributed by atoms with Gasteiger partial charge < -0.3 is 0 Å². The molecule has 62 valence electrons. The van der Waals surface area contributed by atoms with Crippen molar-refractivity contribution in [3.05, 3.63) is 12.7 Å².